The van der Waals surface area contributed by atoms with E-state index in [1.807, 2.05) is 20.8 Å². The summed E-state index contributed by atoms with van der Waals surface area (Å²) in [4.78, 5) is 13.4. The lowest BCUT2D eigenvalue weighted by Gasteiger charge is -2.31. The summed E-state index contributed by atoms with van der Waals surface area (Å²) in [7, 11) is 0. The first-order valence-electron chi connectivity index (χ1n) is 6.71. The Morgan fingerprint density at radius 3 is 2.72 bits per heavy atom. The minimum absolute atomic E-state index is 0.263. The maximum Gasteiger partial charge on any atom is 0.323 e. The van der Waals surface area contributed by atoms with Gasteiger partial charge in [-0.3, -0.25) is 9.69 Å². The molecular formula is C14H24N2O2. The van der Waals surface area contributed by atoms with Gasteiger partial charge in [-0.15, -0.1) is 0 Å². The van der Waals surface area contributed by atoms with Crippen LogP contribution in [-0.4, -0.2) is 34.6 Å². The third-order valence-electron chi connectivity index (χ3n) is 4.03. The summed E-state index contributed by atoms with van der Waals surface area (Å²) in [5, 5.41) is 18.2. The van der Waals surface area contributed by atoms with E-state index < -0.39 is 11.5 Å². The van der Waals surface area contributed by atoms with Gasteiger partial charge in [0.25, 0.3) is 0 Å². The molecule has 0 aromatic heterocycles. The van der Waals surface area contributed by atoms with E-state index in [0.29, 0.717) is 0 Å². The molecule has 1 saturated heterocycles. The molecule has 0 amide bonds. The summed E-state index contributed by atoms with van der Waals surface area (Å²) < 4.78 is 0. The first-order chi connectivity index (χ1) is 8.32. The van der Waals surface area contributed by atoms with Gasteiger partial charge in [0.15, 0.2) is 0 Å². The highest BCUT2D eigenvalue weighted by Crippen LogP contribution is 2.30. The number of carbonyl (C=O) groups is 1. The molecule has 0 spiro atoms. The third kappa shape index (κ3) is 3.46. The van der Waals surface area contributed by atoms with E-state index >= 15 is 0 Å². The van der Waals surface area contributed by atoms with Crippen molar-refractivity contribution < 1.29 is 9.90 Å². The van der Waals surface area contributed by atoms with E-state index in [1.54, 1.807) is 0 Å². The Labute approximate surface area is 110 Å². The first kappa shape index (κ1) is 15.0. The van der Waals surface area contributed by atoms with Gasteiger partial charge in [-0.05, 0) is 59.5 Å². The summed E-state index contributed by atoms with van der Waals surface area (Å²) in [5.74, 6) is -0.711. The second-order valence-electron chi connectivity index (χ2n) is 6.12. The molecule has 1 unspecified atom stereocenters. The van der Waals surface area contributed by atoms with Crippen LogP contribution in [0.4, 0.5) is 0 Å². The highest BCUT2D eigenvalue weighted by Gasteiger charge is 2.42. The lowest BCUT2D eigenvalue weighted by atomic mass is 9.89. The van der Waals surface area contributed by atoms with Crippen LogP contribution >= 0.6 is 0 Å². The molecular weight excluding hydrogens is 228 g/mol. The number of likely N-dealkylation sites (tertiary alicyclic amines) is 1. The van der Waals surface area contributed by atoms with Crippen molar-refractivity contribution >= 4 is 5.97 Å². The Bertz CT molecular complexity index is 346. The van der Waals surface area contributed by atoms with E-state index in [9.17, 15) is 9.90 Å². The molecule has 1 heterocycles. The molecule has 0 saturated carbocycles. The number of rotatable bonds is 6. The van der Waals surface area contributed by atoms with Crippen LogP contribution in [0.1, 0.15) is 52.9 Å². The number of nitriles is 1. The van der Waals surface area contributed by atoms with Crippen LogP contribution in [0, 0.1) is 16.7 Å². The average Bonchev–Trinajstić information content (AvgIpc) is 2.68. The van der Waals surface area contributed by atoms with Gasteiger partial charge < -0.3 is 5.11 Å². The second-order valence-corrected chi connectivity index (χ2v) is 6.12. The van der Waals surface area contributed by atoms with Crippen LogP contribution < -0.4 is 0 Å². The Balaban J connectivity index is 2.36. The minimum Gasteiger partial charge on any atom is -0.480 e. The third-order valence-corrected chi connectivity index (χ3v) is 4.03. The van der Waals surface area contributed by atoms with Crippen LogP contribution in [0.5, 0.6) is 0 Å². The van der Waals surface area contributed by atoms with Crippen molar-refractivity contribution in [3.63, 3.8) is 0 Å². The van der Waals surface area contributed by atoms with Crippen molar-refractivity contribution in [2.75, 3.05) is 13.1 Å². The molecule has 1 aliphatic rings. The summed E-state index contributed by atoms with van der Waals surface area (Å²) in [5.41, 5.74) is -0.939. The molecule has 4 heteroatoms. The van der Waals surface area contributed by atoms with Gasteiger partial charge in [-0.2, -0.15) is 5.26 Å². The maximum atomic E-state index is 11.3. The second kappa shape index (κ2) is 5.71. The van der Waals surface area contributed by atoms with E-state index in [1.165, 1.54) is 0 Å². The Hall–Kier alpha value is -1.08. The predicted octanol–water partition coefficient (Wildman–Crippen LogP) is 2.65. The van der Waals surface area contributed by atoms with Crippen LogP contribution in [0.3, 0.4) is 0 Å². The fourth-order valence-corrected chi connectivity index (χ4v) is 2.55. The summed E-state index contributed by atoms with van der Waals surface area (Å²) >= 11 is 0. The molecule has 1 fully saturated rings. The van der Waals surface area contributed by atoms with Gasteiger partial charge >= 0.3 is 5.97 Å². The van der Waals surface area contributed by atoms with Crippen molar-refractivity contribution in [2.24, 2.45) is 5.41 Å². The predicted molar refractivity (Wildman–Crippen MR) is 70.1 cm³/mol. The van der Waals surface area contributed by atoms with Gasteiger partial charge in [0.2, 0.25) is 0 Å². The van der Waals surface area contributed by atoms with E-state index in [2.05, 4.69) is 11.0 Å². The molecule has 4 nitrogen and oxygen atoms in total. The molecule has 18 heavy (non-hydrogen) atoms. The lowest BCUT2D eigenvalue weighted by Crippen LogP contribution is -2.48. The Morgan fingerprint density at radius 2 is 2.17 bits per heavy atom. The van der Waals surface area contributed by atoms with Crippen LogP contribution in [0.25, 0.3) is 0 Å². The van der Waals surface area contributed by atoms with E-state index in [0.717, 1.165) is 45.2 Å². The molecule has 1 atom stereocenters. The van der Waals surface area contributed by atoms with Gasteiger partial charge in [-0.1, -0.05) is 6.42 Å². The molecule has 0 bridgehead atoms. The standard InChI is InChI=1S/C14H24N2O2/c1-13(2,11-15)7-4-5-9-16-10-6-8-14(16,3)12(17)18/h4-10H2,1-3H3,(H,17,18). The molecule has 1 aliphatic heterocycles. The van der Waals surface area contributed by atoms with E-state index in [4.69, 9.17) is 5.26 Å². The largest absolute Gasteiger partial charge is 0.480 e. The first-order valence-corrected chi connectivity index (χ1v) is 6.71. The number of carboxylic acid groups (broad SMARTS) is 1. The molecule has 0 aromatic rings. The number of aliphatic carboxylic acids is 1. The Kier molecular flexibility index (Phi) is 4.75. The highest BCUT2D eigenvalue weighted by atomic mass is 16.4. The van der Waals surface area contributed by atoms with Gasteiger partial charge in [0, 0.05) is 0 Å². The lowest BCUT2D eigenvalue weighted by molar-refractivity contribution is -0.148. The quantitative estimate of drug-likeness (QED) is 0.738. The van der Waals surface area contributed by atoms with Gasteiger partial charge in [0.05, 0.1) is 11.5 Å². The SMILES string of the molecule is CC(C)(C#N)CCCCN1CCCC1(C)C(=O)O. The number of nitrogens with zero attached hydrogens (tertiary/aromatic N) is 2. The van der Waals surface area contributed by atoms with Crippen molar-refractivity contribution in [3.05, 3.63) is 0 Å². The molecule has 0 aliphatic carbocycles. The summed E-state index contributed by atoms with van der Waals surface area (Å²) in [6, 6.07) is 2.30. The number of carboxylic acids is 1. The topological polar surface area (TPSA) is 64.3 Å². The zero-order valence-electron chi connectivity index (χ0n) is 11.7. The van der Waals surface area contributed by atoms with Crippen molar-refractivity contribution in [2.45, 2.75) is 58.4 Å². The fraction of sp³-hybridized carbons (Fsp3) is 0.857. The van der Waals surface area contributed by atoms with Crippen LogP contribution in [0.2, 0.25) is 0 Å². The van der Waals surface area contributed by atoms with E-state index in [-0.39, 0.29) is 5.41 Å². The van der Waals surface area contributed by atoms with Gasteiger partial charge in [-0.25, -0.2) is 0 Å². The zero-order valence-corrected chi connectivity index (χ0v) is 11.7. The fourth-order valence-electron chi connectivity index (χ4n) is 2.55. The van der Waals surface area contributed by atoms with Crippen molar-refractivity contribution in [3.8, 4) is 6.07 Å². The normalized spacial score (nSPS) is 25.0. The molecule has 102 valence electrons. The molecule has 1 rings (SSSR count). The van der Waals surface area contributed by atoms with Crippen LogP contribution in [0.15, 0.2) is 0 Å². The molecule has 1 N–H and O–H groups in total. The maximum absolute atomic E-state index is 11.3. The van der Waals surface area contributed by atoms with Crippen molar-refractivity contribution in [1.82, 2.24) is 4.90 Å². The van der Waals surface area contributed by atoms with Gasteiger partial charge in [0.1, 0.15) is 5.54 Å². The zero-order chi connectivity index (χ0) is 13.8. The van der Waals surface area contributed by atoms with Crippen molar-refractivity contribution in [1.29, 1.82) is 5.26 Å². The monoisotopic (exact) mass is 252 g/mol. The summed E-state index contributed by atoms with van der Waals surface area (Å²) in [6.07, 6.45) is 4.53. The molecule has 0 radical (unpaired) electrons. The number of hydrogen-bond donors (Lipinski definition) is 1. The molecule has 0 aromatic carbocycles. The summed E-state index contributed by atoms with van der Waals surface area (Å²) in [6.45, 7) is 7.42. The smallest absolute Gasteiger partial charge is 0.323 e. The Morgan fingerprint density at radius 1 is 1.50 bits per heavy atom. The number of hydrogen-bond acceptors (Lipinski definition) is 3. The minimum atomic E-state index is -0.711. The van der Waals surface area contributed by atoms with Crippen LogP contribution in [-0.2, 0) is 4.79 Å². The number of unbranched alkanes of at least 4 members (excludes halogenated alkanes) is 1. The average molecular weight is 252 g/mol. The highest BCUT2D eigenvalue weighted by molar-refractivity contribution is 5.78.